The molecule has 4 heterocycles. The van der Waals surface area contributed by atoms with E-state index in [1.54, 1.807) is 37.2 Å². The molecular weight excluding hydrogens is 593 g/mol. The lowest BCUT2D eigenvalue weighted by Gasteiger charge is -2.15. The van der Waals surface area contributed by atoms with Crippen molar-refractivity contribution in [2.75, 3.05) is 11.9 Å². The molecule has 2 unspecified atom stereocenters. The molecule has 44 heavy (non-hydrogen) atoms. The Hall–Kier alpha value is -4.71. The summed E-state index contributed by atoms with van der Waals surface area (Å²) >= 11 is 0. The Morgan fingerprint density at radius 1 is 0.977 bits per heavy atom. The summed E-state index contributed by atoms with van der Waals surface area (Å²) in [7, 11) is -1.31. The van der Waals surface area contributed by atoms with Crippen molar-refractivity contribution >= 4 is 32.5 Å². The number of pyridine rings is 2. The van der Waals surface area contributed by atoms with Crippen LogP contribution in [0.1, 0.15) is 34.7 Å². The van der Waals surface area contributed by atoms with E-state index in [1.165, 1.54) is 35.9 Å². The van der Waals surface area contributed by atoms with Gasteiger partial charge in [0.2, 0.25) is 5.91 Å². The molecule has 0 radical (unpaired) electrons. The molecule has 2 aromatic carbocycles. The summed E-state index contributed by atoms with van der Waals surface area (Å²) in [4.78, 5) is 32.3. The number of aryl methyl sites for hydroxylation is 2. The van der Waals surface area contributed by atoms with Crippen molar-refractivity contribution < 1.29 is 26.4 Å². The third-order valence-electron chi connectivity index (χ3n) is 8.80. The number of halogens is 3. The predicted molar refractivity (Wildman–Crippen MR) is 158 cm³/mol. The van der Waals surface area contributed by atoms with Crippen LogP contribution in [-0.4, -0.2) is 34.9 Å². The number of hydrogen-bond donors (Lipinski definition) is 0. The molecule has 224 valence electrons. The zero-order chi connectivity index (χ0) is 31.3. The molecule has 1 spiro atoms. The van der Waals surface area contributed by atoms with E-state index in [1.807, 2.05) is 24.3 Å². The number of nitrogens with zero attached hydrogens (tertiary/aromatic N) is 4. The number of rotatable bonds is 4. The Balaban J connectivity index is 1.53. The van der Waals surface area contributed by atoms with Gasteiger partial charge in [0.15, 0.2) is 0 Å². The van der Waals surface area contributed by atoms with Crippen molar-refractivity contribution in [1.29, 1.82) is 0 Å². The van der Waals surface area contributed by atoms with E-state index in [0.29, 0.717) is 12.0 Å². The number of fused-ring (bicyclic) bond motifs is 3. The first-order valence-electron chi connectivity index (χ1n) is 13.8. The van der Waals surface area contributed by atoms with E-state index in [4.69, 9.17) is 0 Å². The Kier molecular flexibility index (Phi) is 5.84. The van der Waals surface area contributed by atoms with Crippen LogP contribution in [0.2, 0.25) is 0 Å². The van der Waals surface area contributed by atoms with Gasteiger partial charge in [-0.15, -0.1) is 0 Å². The lowest BCUT2D eigenvalue weighted by molar-refractivity contribution is -0.141. The maximum atomic E-state index is 14.3. The van der Waals surface area contributed by atoms with Crippen molar-refractivity contribution in [2.45, 2.75) is 35.7 Å². The maximum absolute atomic E-state index is 14.3. The third kappa shape index (κ3) is 3.83. The molecule has 2 aliphatic rings. The van der Waals surface area contributed by atoms with Crippen LogP contribution in [0.4, 0.5) is 18.9 Å². The number of benzene rings is 2. The van der Waals surface area contributed by atoms with Crippen LogP contribution in [0.5, 0.6) is 0 Å². The molecule has 1 amide bonds. The number of aromatic nitrogens is 3. The monoisotopic (exact) mass is 618 g/mol. The van der Waals surface area contributed by atoms with E-state index >= 15 is 0 Å². The van der Waals surface area contributed by atoms with Gasteiger partial charge in [0.05, 0.1) is 16.0 Å². The number of anilines is 1. The number of carbonyl (C=O) groups is 1. The van der Waals surface area contributed by atoms with Crippen LogP contribution in [0.15, 0.2) is 88.8 Å². The molecule has 0 saturated heterocycles. The quantitative estimate of drug-likeness (QED) is 0.270. The molecule has 0 N–H and O–H groups in total. The SMILES string of the molecule is Cc1ccc(S(=O)(=O)n2c(-c3ccnc(C(F)(F)F)c3)cc3c(C4CC45C(=O)N(C)c4ccccc45)cn(C)c(=O)c32)cc1. The van der Waals surface area contributed by atoms with E-state index in [-0.39, 0.29) is 33.0 Å². The van der Waals surface area contributed by atoms with Crippen LogP contribution < -0.4 is 10.5 Å². The van der Waals surface area contributed by atoms with Gasteiger partial charge >= 0.3 is 6.18 Å². The summed E-state index contributed by atoms with van der Waals surface area (Å²) in [6, 6.07) is 16.9. The molecule has 1 saturated carbocycles. The van der Waals surface area contributed by atoms with Gasteiger partial charge in [-0.2, -0.15) is 13.2 Å². The second-order valence-corrected chi connectivity index (χ2v) is 13.2. The Morgan fingerprint density at radius 3 is 2.39 bits per heavy atom. The molecule has 3 aromatic heterocycles. The number of alkyl halides is 3. The average molecular weight is 619 g/mol. The molecule has 12 heteroatoms. The number of carbonyl (C=O) groups excluding carboxylic acids is 1. The van der Waals surface area contributed by atoms with Crippen molar-refractivity contribution in [3.8, 4) is 11.3 Å². The van der Waals surface area contributed by atoms with Crippen molar-refractivity contribution in [2.24, 2.45) is 7.05 Å². The average Bonchev–Trinajstić information content (AvgIpc) is 3.54. The number of likely N-dealkylation sites (N-methyl/N-ethyl adjacent to an activating group) is 1. The summed E-state index contributed by atoms with van der Waals surface area (Å²) in [5, 5.41) is 0.255. The van der Waals surface area contributed by atoms with Crippen LogP contribution >= 0.6 is 0 Å². The zero-order valence-electron chi connectivity index (χ0n) is 23.8. The van der Waals surface area contributed by atoms with Gasteiger partial charge in [-0.05, 0) is 60.9 Å². The summed E-state index contributed by atoms with van der Waals surface area (Å²) in [6.45, 7) is 1.79. The molecule has 1 aliphatic carbocycles. The highest BCUT2D eigenvalue weighted by atomic mass is 32.2. The molecule has 8 nitrogen and oxygen atoms in total. The van der Waals surface area contributed by atoms with Gasteiger partial charge in [0, 0.05) is 49.0 Å². The molecule has 1 fully saturated rings. The van der Waals surface area contributed by atoms with Crippen LogP contribution in [0, 0.1) is 6.92 Å². The molecule has 1 aliphatic heterocycles. The Bertz CT molecular complexity index is 2200. The van der Waals surface area contributed by atoms with E-state index in [9.17, 15) is 31.2 Å². The summed E-state index contributed by atoms with van der Waals surface area (Å²) in [5.74, 6) is -0.508. The second kappa shape index (κ2) is 9.15. The number of para-hydroxylation sites is 1. The minimum absolute atomic E-state index is 0.0836. The topological polar surface area (TPSA) is 94.3 Å². The smallest absolute Gasteiger partial charge is 0.316 e. The molecule has 0 bridgehead atoms. The first kappa shape index (κ1) is 28.1. The Morgan fingerprint density at radius 2 is 1.68 bits per heavy atom. The van der Waals surface area contributed by atoms with Gasteiger partial charge in [-0.25, -0.2) is 12.4 Å². The van der Waals surface area contributed by atoms with E-state index in [0.717, 1.165) is 33.0 Å². The molecule has 7 rings (SSSR count). The molecule has 5 aromatic rings. The first-order valence-corrected chi connectivity index (χ1v) is 15.2. The van der Waals surface area contributed by atoms with Gasteiger partial charge in [-0.1, -0.05) is 35.9 Å². The van der Waals surface area contributed by atoms with Crippen molar-refractivity contribution in [3.63, 3.8) is 0 Å². The van der Waals surface area contributed by atoms with Crippen LogP contribution in [0.3, 0.4) is 0 Å². The summed E-state index contributed by atoms with van der Waals surface area (Å²) < 4.78 is 71.8. The first-order chi connectivity index (χ1) is 20.8. The highest BCUT2D eigenvalue weighted by Crippen LogP contribution is 2.66. The highest BCUT2D eigenvalue weighted by molar-refractivity contribution is 7.90. The maximum Gasteiger partial charge on any atom is 0.433 e. The number of hydrogen-bond acceptors (Lipinski definition) is 5. The zero-order valence-corrected chi connectivity index (χ0v) is 24.6. The normalized spacial score (nSPS) is 19.6. The van der Waals surface area contributed by atoms with Crippen LogP contribution in [0.25, 0.3) is 22.2 Å². The van der Waals surface area contributed by atoms with E-state index in [2.05, 4.69) is 4.98 Å². The van der Waals surface area contributed by atoms with Crippen LogP contribution in [-0.2, 0) is 33.5 Å². The molecule has 2 atom stereocenters. The highest BCUT2D eigenvalue weighted by Gasteiger charge is 2.67. The van der Waals surface area contributed by atoms with Gasteiger partial charge in [-0.3, -0.25) is 14.6 Å². The predicted octanol–water partition coefficient (Wildman–Crippen LogP) is 5.37. The summed E-state index contributed by atoms with van der Waals surface area (Å²) in [6.07, 6.45) is -1.80. The molecular formula is C32H25F3N4O4S. The fourth-order valence-electron chi connectivity index (χ4n) is 6.55. The number of amides is 1. The Labute approximate surface area is 250 Å². The van der Waals surface area contributed by atoms with Gasteiger partial charge in [0.1, 0.15) is 11.2 Å². The minimum atomic E-state index is -4.79. The van der Waals surface area contributed by atoms with Gasteiger partial charge in [0.25, 0.3) is 15.6 Å². The second-order valence-electron chi connectivity index (χ2n) is 11.4. The lowest BCUT2D eigenvalue weighted by atomic mass is 9.91. The van der Waals surface area contributed by atoms with E-state index < -0.39 is 38.8 Å². The fraction of sp³-hybridized carbons (Fsp3) is 0.219. The third-order valence-corrected chi connectivity index (χ3v) is 10.5. The van der Waals surface area contributed by atoms with Crippen molar-refractivity contribution in [3.05, 3.63) is 112 Å². The fourth-order valence-corrected chi connectivity index (χ4v) is 8.07. The standard InChI is InChI=1S/C32H25F3N4O4S/c1-18-8-10-20(11-9-18)44(42,43)39-26(19-12-13-36-27(14-19)32(33,34)35)15-21-22(17-37(2)29(40)28(21)39)24-16-31(24)23-6-4-5-7-25(23)38(3)30(31)41/h4-15,17,24H,16H2,1-3H3. The van der Waals surface area contributed by atoms with Gasteiger partial charge < -0.3 is 9.47 Å². The summed E-state index contributed by atoms with van der Waals surface area (Å²) in [5.41, 5.74) is -0.186. The minimum Gasteiger partial charge on any atom is -0.316 e. The van der Waals surface area contributed by atoms with Crippen molar-refractivity contribution in [1.82, 2.24) is 13.5 Å². The largest absolute Gasteiger partial charge is 0.433 e. The lowest BCUT2D eigenvalue weighted by Crippen LogP contribution is -2.29.